The zero-order valence-electron chi connectivity index (χ0n) is 7.50. The van der Waals surface area contributed by atoms with Gasteiger partial charge in [0.1, 0.15) is 0 Å². The molecule has 1 saturated heterocycles. The molecule has 0 aromatic rings. The van der Waals surface area contributed by atoms with Crippen LogP contribution in [0.1, 0.15) is 13.3 Å². The van der Waals surface area contributed by atoms with E-state index in [1.54, 1.807) is 7.05 Å². The quantitative estimate of drug-likeness (QED) is 0.210. The third kappa shape index (κ3) is 2.01. The fourth-order valence-electron chi connectivity index (χ4n) is 1.27. The van der Waals surface area contributed by atoms with Crippen molar-refractivity contribution in [1.82, 2.24) is 10.6 Å². The number of rotatable bonds is 1. The number of hydrazone groups is 1. The minimum absolute atomic E-state index is 0.232. The van der Waals surface area contributed by atoms with Gasteiger partial charge in [0.05, 0.1) is 12.1 Å². The molecule has 0 bridgehead atoms. The van der Waals surface area contributed by atoms with Gasteiger partial charge in [-0.15, -0.1) is 5.10 Å². The highest BCUT2D eigenvalue weighted by atomic mass is 16.5. The number of guanidine groups is 1. The van der Waals surface area contributed by atoms with Gasteiger partial charge >= 0.3 is 0 Å². The van der Waals surface area contributed by atoms with Gasteiger partial charge in [-0.25, -0.2) is 0 Å². The number of nitrogens with one attached hydrogen (secondary N) is 2. The Labute approximate surface area is 72.3 Å². The first kappa shape index (κ1) is 9.12. The molecule has 70 valence electrons. The van der Waals surface area contributed by atoms with Crippen LogP contribution in [0.25, 0.3) is 0 Å². The van der Waals surface area contributed by atoms with Crippen molar-refractivity contribution < 1.29 is 4.74 Å². The third-order valence-corrected chi connectivity index (χ3v) is 2.06. The number of hydrogen-bond donors (Lipinski definition) is 3. The van der Waals surface area contributed by atoms with Gasteiger partial charge in [-0.2, -0.15) is 0 Å². The standard InChI is InChI=1S/C7H16N4O/c1-5-6(3-4-12-5)10-7(9-2)11-8/h5-6H,3-4,8H2,1-2H3,(H2,9,10,11). The van der Waals surface area contributed by atoms with Gasteiger partial charge in [0.2, 0.25) is 5.96 Å². The van der Waals surface area contributed by atoms with E-state index in [1.165, 1.54) is 0 Å². The highest BCUT2D eigenvalue weighted by Gasteiger charge is 2.24. The van der Waals surface area contributed by atoms with Crippen molar-refractivity contribution in [3.8, 4) is 0 Å². The molecule has 1 heterocycles. The van der Waals surface area contributed by atoms with Crippen molar-refractivity contribution in [3.05, 3.63) is 0 Å². The fourth-order valence-corrected chi connectivity index (χ4v) is 1.27. The zero-order chi connectivity index (χ0) is 8.97. The molecule has 0 radical (unpaired) electrons. The summed E-state index contributed by atoms with van der Waals surface area (Å²) < 4.78 is 5.37. The van der Waals surface area contributed by atoms with Crippen LogP contribution < -0.4 is 16.5 Å². The topological polar surface area (TPSA) is 71.7 Å². The van der Waals surface area contributed by atoms with Crippen molar-refractivity contribution in [1.29, 1.82) is 0 Å². The van der Waals surface area contributed by atoms with E-state index in [4.69, 9.17) is 10.6 Å². The summed E-state index contributed by atoms with van der Waals surface area (Å²) in [6, 6.07) is 0.319. The summed E-state index contributed by atoms with van der Waals surface area (Å²) in [6.45, 7) is 2.84. The molecular formula is C7H16N4O. The minimum Gasteiger partial charge on any atom is -0.376 e. The Morgan fingerprint density at radius 3 is 2.83 bits per heavy atom. The largest absolute Gasteiger partial charge is 0.376 e. The molecule has 12 heavy (non-hydrogen) atoms. The molecule has 0 aromatic carbocycles. The molecule has 0 saturated carbocycles. The van der Waals surface area contributed by atoms with Crippen LogP contribution in [0.2, 0.25) is 0 Å². The molecule has 4 N–H and O–H groups in total. The molecule has 1 aliphatic heterocycles. The van der Waals surface area contributed by atoms with Gasteiger partial charge in [-0.3, -0.25) is 0 Å². The lowest BCUT2D eigenvalue weighted by molar-refractivity contribution is 0.116. The van der Waals surface area contributed by atoms with E-state index < -0.39 is 0 Å². The summed E-state index contributed by atoms with van der Waals surface area (Å²) in [7, 11) is 1.78. The Kier molecular flexibility index (Phi) is 3.16. The van der Waals surface area contributed by atoms with Crippen LogP contribution in [0.3, 0.4) is 0 Å². The summed E-state index contributed by atoms with van der Waals surface area (Å²) >= 11 is 0. The second kappa shape index (κ2) is 4.15. The number of nitrogens with two attached hydrogens (primary N) is 1. The van der Waals surface area contributed by atoms with Gasteiger partial charge < -0.3 is 21.2 Å². The molecule has 2 unspecified atom stereocenters. The zero-order valence-corrected chi connectivity index (χ0v) is 7.50. The molecule has 1 aliphatic rings. The maximum Gasteiger partial charge on any atom is 0.213 e. The predicted octanol–water partition coefficient (Wildman–Crippen LogP) is -0.797. The molecule has 2 atom stereocenters. The van der Waals surface area contributed by atoms with Crippen molar-refractivity contribution in [2.75, 3.05) is 13.7 Å². The maximum absolute atomic E-state index is 5.37. The summed E-state index contributed by atoms with van der Waals surface area (Å²) in [4.78, 5) is 0. The Hall–Kier alpha value is -0.970. The van der Waals surface area contributed by atoms with E-state index in [1.807, 2.05) is 6.92 Å². The molecule has 0 spiro atoms. The first-order valence-electron chi connectivity index (χ1n) is 4.11. The van der Waals surface area contributed by atoms with E-state index in [9.17, 15) is 0 Å². The molecular weight excluding hydrogens is 156 g/mol. The van der Waals surface area contributed by atoms with E-state index in [2.05, 4.69) is 15.7 Å². The first-order valence-corrected chi connectivity index (χ1v) is 4.11. The molecule has 0 aliphatic carbocycles. The Morgan fingerprint density at radius 1 is 1.67 bits per heavy atom. The van der Waals surface area contributed by atoms with E-state index in [-0.39, 0.29) is 6.10 Å². The van der Waals surface area contributed by atoms with Gasteiger partial charge in [0.15, 0.2) is 0 Å². The minimum atomic E-state index is 0.232. The van der Waals surface area contributed by atoms with E-state index in [0.717, 1.165) is 13.0 Å². The van der Waals surface area contributed by atoms with Crippen molar-refractivity contribution in [2.24, 2.45) is 10.9 Å². The molecule has 0 aromatic heterocycles. The van der Waals surface area contributed by atoms with Crippen molar-refractivity contribution in [3.63, 3.8) is 0 Å². The van der Waals surface area contributed by atoms with Crippen LogP contribution in [0.15, 0.2) is 5.10 Å². The average molecular weight is 172 g/mol. The number of ether oxygens (including phenoxy) is 1. The monoisotopic (exact) mass is 172 g/mol. The summed E-state index contributed by atoms with van der Waals surface area (Å²) in [5, 5.41) is 9.55. The van der Waals surface area contributed by atoms with Crippen LogP contribution in [0.5, 0.6) is 0 Å². The van der Waals surface area contributed by atoms with Crippen molar-refractivity contribution in [2.45, 2.75) is 25.5 Å². The predicted molar refractivity (Wildman–Crippen MR) is 47.6 cm³/mol. The molecule has 1 fully saturated rings. The Balaban J connectivity index is 2.39. The van der Waals surface area contributed by atoms with Crippen LogP contribution >= 0.6 is 0 Å². The van der Waals surface area contributed by atoms with Gasteiger partial charge in [-0.1, -0.05) is 0 Å². The summed E-state index contributed by atoms with van der Waals surface area (Å²) in [5.74, 6) is 5.74. The second-order valence-electron chi connectivity index (χ2n) is 2.84. The highest BCUT2D eigenvalue weighted by Crippen LogP contribution is 2.11. The lowest BCUT2D eigenvalue weighted by Gasteiger charge is -2.17. The lowest BCUT2D eigenvalue weighted by atomic mass is 10.2. The lowest BCUT2D eigenvalue weighted by Crippen LogP contribution is -2.45. The Bertz CT molecular complexity index is 171. The van der Waals surface area contributed by atoms with Crippen LogP contribution in [0, 0.1) is 0 Å². The van der Waals surface area contributed by atoms with Crippen LogP contribution in [-0.4, -0.2) is 31.8 Å². The van der Waals surface area contributed by atoms with Gasteiger partial charge in [0, 0.05) is 13.7 Å². The smallest absolute Gasteiger partial charge is 0.213 e. The van der Waals surface area contributed by atoms with Crippen LogP contribution in [0.4, 0.5) is 0 Å². The molecule has 5 nitrogen and oxygen atoms in total. The molecule has 5 heteroatoms. The van der Waals surface area contributed by atoms with Crippen LogP contribution in [-0.2, 0) is 4.74 Å². The summed E-state index contributed by atoms with van der Waals surface area (Å²) in [6.07, 6.45) is 1.23. The van der Waals surface area contributed by atoms with E-state index in [0.29, 0.717) is 12.0 Å². The highest BCUT2D eigenvalue weighted by molar-refractivity contribution is 5.79. The average Bonchev–Trinajstić information content (AvgIpc) is 2.47. The number of hydrogen-bond acceptors (Lipinski definition) is 3. The van der Waals surface area contributed by atoms with Gasteiger partial charge in [0.25, 0.3) is 0 Å². The van der Waals surface area contributed by atoms with E-state index >= 15 is 0 Å². The molecule has 0 amide bonds. The summed E-state index contributed by atoms with van der Waals surface area (Å²) in [5.41, 5.74) is 0. The van der Waals surface area contributed by atoms with Gasteiger partial charge in [-0.05, 0) is 13.3 Å². The third-order valence-electron chi connectivity index (χ3n) is 2.06. The first-order chi connectivity index (χ1) is 5.77. The Morgan fingerprint density at radius 2 is 2.42 bits per heavy atom. The normalized spacial score (nSPS) is 30.3. The van der Waals surface area contributed by atoms with Crippen molar-refractivity contribution >= 4 is 5.96 Å². The SMILES string of the molecule is CNC(=NN)NC1CCOC1C. The number of nitrogens with zero attached hydrogens (tertiary/aromatic N) is 1. The fraction of sp³-hybridized carbons (Fsp3) is 0.857. The molecule has 1 rings (SSSR count). The second-order valence-corrected chi connectivity index (χ2v) is 2.84. The maximum atomic E-state index is 5.37.